The maximum Gasteiger partial charge on any atom is 0.233 e. The van der Waals surface area contributed by atoms with Gasteiger partial charge in [-0.25, -0.2) is 5.06 Å². The third-order valence-corrected chi connectivity index (χ3v) is 2.37. The van der Waals surface area contributed by atoms with E-state index in [-0.39, 0.29) is 12.6 Å². The van der Waals surface area contributed by atoms with Gasteiger partial charge in [0.25, 0.3) is 0 Å². The van der Waals surface area contributed by atoms with E-state index in [2.05, 4.69) is 0 Å². The van der Waals surface area contributed by atoms with Crippen molar-refractivity contribution in [2.24, 2.45) is 0 Å². The number of rotatable bonds is 6. The van der Waals surface area contributed by atoms with Gasteiger partial charge in [-0.15, -0.1) is 0 Å². The van der Waals surface area contributed by atoms with Crippen LogP contribution in [0.5, 0.6) is 0 Å². The molecule has 18 heavy (non-hydrogen) atoms. The largest absolute Gasteiger partial charge is 0.394 e. The summed E-state index contributed by atoms with van der Waals surface area (Å²) in [6, 6.07) is 9.34. The van der Waals surface area contributed by atoms with Gasteiger partial charge in [-0.3, -0.25) is 9.63 Å². The lowest BCUT2D eigenvalue weighted by atomic mass is 10.1. The van der Waals surface area contributed by atoms with Gasteiger partial charge < -0.3 is 5.11 Å². The Hall–Kier alpha value is -1.39. The fourth-order valence-corrected chi connectivity index (χ4v) is 1.62. The molecule has 0 saturated heterocycles. The van der Waals surface area contributed by atoms with E-state index in [1.807, 2.05) is 51.1 Å². The quantitative estimate of drug-likeness (QED) is 0.619. The molecule has 0 aliphatic rings. The Morgan fingerprint density at radius 3 is 2.39 bits per heavy atom. The molecule has 1 aromatic carbocycles. The van der Waals surface area contributed by atoms with Crippen LogP contribution in [-0.4, -0.2) is 34.8 Å². The van der Waals surface area contributed by atoms with E-state index in [4.69, 9.17) is 4.84 Å². The van der Waals surface area contributed by atoms with Crippen LogP contribution in [-0.2, 0) is 16.1 Å². The molecule has 100 valence electrons. The number of amides is 1. The second-order valence-electron chi connectivity index (χ2n) is 5.20. The highest BCUT2D eigenvalue weighted by Gasteiger charge is 2.23. The van der Waals surface area contributed by atoms with Gasteiger partial charge in [0.05, 0.1) is 18.2 Å². The first-order valence-corrected chi connectivity index (χ1v) is 6.04. The van der Waals surface area contributed by atoms with Crippen LogP contribution in [0.15, 0.2) is 30.3 Å². The van der Waals surface area contributed by atoms with Crippen molar-refractivity contribution in [1.82, 2.24) is 5.06 Å². The Bertz CT molecular complexity index is 359. The Labute approximate surface area is 108 Å². The van der Waals surface area contributed by atoms with Gasteiger partial charge in [-0.2, -0.15) is 0 Å². The van der Waals surface area contributed by atoms with Crippen molar-refractivity contribution in [2.75, 3.05) is 6.61 Å². The van der Waals surface area contributed by atoms with Crippen molar-refractivity contribution >= 4 is 6.41 Å². The molecule has 0 aromatic heterocycles. The molecule has 1 N–H and O–H groups in total. The van der Waals surface area contributed by atoms with Crippen molar-refractivity contribution in [3.8, 4) is 0 Å². The van der Waals surface area contributed by atoms with E-state index in [0.29, 0.717) is 12.8 Å². The summed E-state index contributed by atoms with van der Waals surface area (Å²) >= 11 is 0. The second-order valence-corrected chi connectivity index (χ2v) is 5.20. The van der Waals surface area contributed by atoms with Crippen molar-refractivity contribution in [3.63, 3.8) is 0 Å². The topological polar surface area (TPSA) is 49.8 Å². The van der Waals surface area contributed by atoms with E-state index >= 15 is 0 Å². The van der Waals surface area contributed by atoms with Crippen LogP contribution >= 0.6 is 0 Å². The molecule has 0 radical (unpaired) electrons. The Morgan fingerprint density at radius 1 is 1.33 bits per heavy atom. The average molecular weight is 251 g/mol. The number of nitrogens with zero attached hydrogens (tertiary/aromatic N) is 1. The third kappa shape index (κ3) is 4.85. The predicted octanol–water partition coefficient (Wildman–Crippen LogP) is 1.78. The molecule has 4 heteroatoms. The first-order chi connectivity index (χ1) is 8.46. The van der Waals surface area contributed by atoms with Crippen molar-refractivity contribution in [3.05, 3.63) is 35.9 Å². The van der Waals surface area contributed by atoms with E-state index in [9.17, 15) is 9.90 Å². The molecule has 0 aliphatic heterocycles. The van der Waals surface area contributed by atoms with E-state index in [1.54, 1.807) is 0 Å². The van der Waals surface area contributed by atoms with Crippen LogP contribution in [0.3, 0.4) is 0 Å². The monoisotopic (exact) mass is 251 g/mol. The third-order valence-electron chi connectivity index (χ3n) is 2.37. The van der Waals surface area contributed by atoms with E-state index in [0.717, 1.165) is 5.56 Å². The maximum absolute atomic E-state index is 11.1. The normalized spacial score (nSPS) is 13.1. The molecule has 1 atom stereocenters. The summed E-state index contributed by atoms with van der Waals surface area (Å²) in [4.78, 5) is 16.6. The first-order valence-electron chi connectivity index (χ1n) is 6.04. The smallest absolute Gasteiger partial charge is 0.233 e. The van der Waals surface area contributed by atoms with Crippen molar-refractivity contribution < 1.29 is 14.7 Å². The number of carbonyl (C=O) groups is 1. The molecule has 1 rings (SSSR count). The summed E-state index contributed by atoms with van der Waals surface area (Å²) in [5.74, 6) is 0. The van der Waals surface area contributed by atoms with Crippen LogP contribution in [0.25, 0.3) is 0 Å². The lowest BCUT2D eigenvalue weighted by Crippen LogP contribution is -2.43. The maximum atomic E-state index is 11.1. The van der Waals surface area contributed by atoms with E-state index < -0.39 is 5.60 Å². The van der Waals surface area contributed by atoms with E-state index in [1.165, 1.54) is 5.06 Å². The number of hydroxylamine groups is 2. The Morgan fingerprint density at radius 2 is 1.94 bits per heavy atom. The predicted molar refractivity (Wildman–Crippen MR) is 69.8 cm³/mol. The minimum Gasteiger partial charge on any atom is -0.394 e. The summed E-state index contributed by atoms with van der Waals surface area (Å²) in [6.45, 7) is 5.45. The zero-order valence-electron chi connectivity index (χ0n) is 11.2. The summed E-state index contributed by atoms with van der Waals surface area (Å²) in [5, 5.41) is 10.6. The number of carbonyl (C=O) groups excluding carboxylic acids is 1. The average Bonchev–Trinajstić information content (AvgIpc) is 2.33. The Balaban J connectivity index is 2.72. The molecular weight excluding hydrogens is 230 g/mol. The highest BCUT2D eigenvalue weighted by molar-refractivity contribution is 5.46. The fraction of sp³-hybridized carbons (Fsp3) is 0.500. The summed E-state index contributed by atoms with van der Waals surface area (Å²) in [6.07, 6.45) is 1.18. The number of aliphatic hydroxyl groups is 1. The summed E-state index contributed by atoms with van der Waals surface area (Å²) in [5.41, 5.74) is 0.589. The van der Waals surface area contributed by atoms with Gasteiger partial charge in [-0.05, 0) is 32.8 Å². The van der Waals surface area contributed by atoms with Gasteiger partial charge in [-0.1, -0.05) is 30.3 Å². The van der Waals surface area contributed by atoms with Gasteiger partial charge in [0, 0.05) is 0 Å². The first kappa shape index (κ1) is 14.7. The van der Waals surface area contributed by atoms with Crippen LogP contribution in [0.1, 0.15) is 26.3 Å². The molecular formula is C14H21NO3. The molecule has 0 saturated carbocycles. The van der Waals surface area contributed by atoms with Crippen LogP contribution in [0, 0.1) is 0 Å². The van der Waals surface area contributed by atoms with Crippen molar-refractivity contribution in [1.29, 1.82) is 0 Å². The molecule has 0 spiro atoms. The summed E-state index contributed by atoms with van der Waals surface area (Å²) in [7, 11) is 0. The molecule has 0 unspecified atom stereocenters. The molecule has 4 nitrogen and oxygen atoms in total. The minimum absolute atomic E-state index is 0.135. The zero-order chi connectivity index (χ0) is 13.6. The minimum atomic E-state index is -0.467. The van der Waals surface area contributed by atoms with Crippen molar-refractivity contribution in [2.45, 2.75) is 38.8 Å². The molecule has 0 heterocycles. The summed E-state index contributed by atoms with van der Waals surface area (Å²) < 4.78 is 0. The van der Waals surface area contributed by atoms with Gasteiger partial charge >= 0.3 is 0 Å². The zero-order valence-corrected chi connectivity index (χ0v) is 11.2. The SMILES string of the molecule is CC(C)(C)ON(C=O)[C@H](CO)Cc1ccccc1. The highest BCUT2D eigenvalue weighted by Crippen LogP contribution is 2.14. The Kier molecular flexibility index (Phi) is 5.31. The molecule has 0 aliphatic carbocycles. The molecule has 1 aromatic rings. The van der Waals surface area contributed by atoms with Gasteiger partial charge in [0.1, 0.15) is 0 Å². The lowest BCUT2D eigenvalue weighted by Gasteiger charge is -2.32. The number of aliphatic hydroxyl groups excluding tert-OH is 1. The lowest BCUT2D eigenvalue weighted by molar-refractivity contribution is -0.235. The molecule has 0 fully saturated rings. The van der Waals surface area contributed by atoms with Gasteiger partial charge in [0.15, 0.2) is 0 Å². The number of hydrogen-bond acceptors (Lipinski definition) is 3. The number of benzene rings is 1. The van der Waals surface area contributed by atoms with Crippen LogP contribution < -0.4 is 0 Å². The van der Waals surface area contributed by atoms with Crippen LogP contribution in [0.4, 0.5) is 0 Å². The molecule has 1 amide bonds. The molecule has 0 bridgehead atoms. The standard InChI is InChI=1S/C14H21NO3/c1-14(2,3)18-15(11-17)13(10-16)9-12-7-5-4-6-8-12/h4-8,11,13,16H,9-10H2,1-3H3/t13-/m0/s1. The van der Waals surface area contributed by atoms with Crippen LogP contribution in [0.2, 0.25) is 0 Å². The number of hydrogen-bond donors (Lipinski definition) is 1. The fourth-order valence-electron chi connectivity index (χ4n) is 1.62. The highest BCUT2D eigenvalue weighted by atomic mass is 16.7. The second kappa shape index (κ2) is 6.52. The van der Waals surface area contributed by atoms with Gasteiger partial charge in [0.2, 0.25) is 6.41 Å².